The Kier molecular flexibility index (Phi) is 3.89. The molecule has 0 saturated heterocycles. The number of hydrogen-bond donors (Lipinski definition) is 1. The van der Waals surface area contributed by atoms with Gasteiger partial charge >= 0.3 is 0 Å². The summed E-state index contributed by atoms with van der Waals surface area (Å²) in [6.45, 7) is 9.91. The summed E-state index contributed by atoms with van der Waals surface area (Å²) < 4.78 is 2.21. The SMILES string of the molecule is CCCNCC1(Cc2cc(C)nn2CC)CC2CC2C1. The van der Waals surface area contributed by atoms with Gasteiger partial charge in [-0.2, -0.15) is 5.10 Å². The number of rotatable bonds is 7. The number of hydrogen-bond acceptors (Lipinski definition) is 2. The molecular weight excluding hydrogens is 246 g/mol. The van der Waals surface area contributed by atoms with Crippen LogP contribution >= 0.6 is 0 Å². The van der Waals surface area contributed by atoms with E-state index in [2.05, 4.69) is 41.9 Å². The Labute approximate surface area is 123 Å². The highest BCUT2D eigenvalue weighted by Gasteiger charge is 2.53. The molecule has 112 valence electrons. The van der Waals surface area contributed by atoms with Gasteiger partial charge in [0.1, 0.15) is 0 Å². The molecule has 0 radical (unpaired) electrons. The molecule has 20 heavy (non-hydrogen) atoms. The highest BCUT2D eigenvalue weighted by Crippen LogP contribution is 2.60. The van der Waals surface area contributed by atoms with Crippen molar-refractivity contribution in [3.63, 3.8) is 0 Å². The molecule has 3 rings (SSSR count). The van der Waals surface area contributed by atoms with Gasteiger partial charge in [0.2, 0.25) is 0 Å². The molecule has 3 heteroatoms. The van der Waals surface area contributed by atoms with Gasteiger partial charge in [-0.3, -0.25) is 4.68 Å². The maximum Gasteiger partial charge on any atom is 0.0596 e. The normalized spacial score (nSPS) is 31.6. The second-order valence-corrected chi connectivity index (χ2v) is 7.11. The molecule has 0 aliphatic heterocycles. The fourth-order valence-corrected chi connectivity index (χ4v) is 4.29. The number of aryl methyl sites for hydroxylation is 2. The quantitative estimate of drug-likeness (QED) is 0.775. The van der Waals surface area contributed by atoms with Crippen LogP contribution in [0.1, 0.15) is 50.9 Å². The summed E-state index contributed by atoms with van der Waals surface area (Å²) in [6.07, 6.45) is 6.81. The lowest BCUT2D eigenvalue weighted by Gasteiger charge is -2.31. The minimum Gasteiger partial charge on any atom is -0.316 e. The van der Waals surface area contributed by atoms with Gasteiger partial charge in [-0.1, -0.05) is 6.92 Å². The molecule has 2 aliphatic carbocycles. The fourth-order valence-electron chi connectivity index (χ4n) is 4.29. The summed E-state index contributed by atoms with van der Waals surface area (Å²) in [5.41, 5.74) is 3.12. The van der Waals surface area contributed by atoms with Crippen LogP contribution in [0.15, 0.2) is 6.07 Å². The van der Waals surface area contributed by atoms with Gasteiger partial charge in [0.15, 0.2) is 0 Å². The molecule has 2 aliphatic rings. The second-order valence-electron chi connectivity index (χ2n) is 7.11. The molecule has 1 N–H and O–H groups in total. The number of nitrogens with one attached hydrogen (secondary N) is 1. The van der Waals surface area contributed by atoms with E-state index in [1.54, 1.807) is 0 Å². The highest BCUT2D eigenvalue weighted by molar-refractivity contribution is 5.15. The zero-order chi connectivity index (χ0) is 14.2. The van der Waals surface area contributed by atoms with Gasteiger partial charge in [0, 0.05) is 18.8 Å². The Morgan fingerprint density at radius 2 is 2.10 bits per heavy atom. The summed E-state index contributed by atoms with van der Waals surface area (Å²) in [5, 5.41) is 8.32. The highest BCUT2D eigenvalue weighted by atomic mass is 15.3. The van der Waals surface area contributed by atoms with E-state index in [-0.39, 0.29) is 0 Å². The van der Waals surface area contributed by atoms with E-state index in [0.29, 0.717) is 5.41 Å². The third kappa shape index (κ3) is 2.78. The van der Waals surface area contributed by atoms with Gasteiger partial charge in [-0.25, -0.2) is 0 Å². The molecule has 0 amide bonds. The molecule has 2 saturated carbocycles. The Bertz CT molecular complexity index is 453. The van der Waals surface area contributed by atoms with E-state index in [9.17, 15) is 0 Å². The lowest BCUT2D eigenvalue weighted by Crippen LogP contribution is -2.36. The predicted molar refractivity (Wildman–Crippen MR) is 82.8 cm³/mol. The standard InChI is InChI=1S/C17H29N3/c1-4-6-18-12-17(9-14-8-15(14)10-17)11-16-7-13(3)19-20(16)5-2/h7,14-15,18H,4-6,8-12H2,1-3H3. The zero-order valence-electron chi connectivity index (χ0n) is 13.3. The Morgan fingerprint density at radius 3 is 2.75 bits per heavy atom. The molecule has 0 aromatic carbocycles. The molecule has 2 fully saturated rings. The van der Waals surface area contributed by atoms with E-state index in [4.69, 9.17) is 0 Å². The average molecular weight is 275 g/mol. The summed E-state index contributed by atoms with van der Waals surface area (Å²) in [6, 6.07) is 2.30. The van der Waals surface area contributed by atoms with Gasteiger partial charge in [-0.15, -0.1) is 0 Å². The van der Waals surface area contributed by atoms with Crippen molar-refractivity contribution < 1.29 is 0 Å². The monoisotopic (exact) mass is 275 g/mol. The van der Waals surface area contributed by atoms with Gasteiger partial charge in [-0.05, 0) is 75.8 Å². The van der Waals surface area contributed by atoms with Crippen LogP contribution in [0.5, 0.6) is 0 Å². The van der Waals surface area contributed by atoms with Gasteiger partial charge in [0.05, 0.1) is 5.69 Å². The smallest absolute Gasteiger partial charge is 0.0596 e. The van der Waals surface area contributed by atoms with E-state index in [1.807, 2.05) is 0 Å². The molecule has 3 nitrogen and oxygen atoms in total. The van der Waals surface area contributed by atoms with Crippen molar-refractivity contribution >= 4 is 0 Å². The van der Waals surface area contributed by atoms with Crippen LogP contribution in [0.3, 0.4) is 0 Å². The number of fused-ring (bicyclic) bond motifs is 1. The Balaban J connectivity index is 1.72. The van der Waals surface area contributed by atoms with Crippen LogP contribution in [-0.2, 0) is 13.0 Å². The largest absolute Gasteiger partial charge is 0.316 e. The first-order valence-corrected chi connectivity index (χ1v) is 8.40. The topological polar surface area (TPSA) is 29.9 Å². The summed E-state index contributed by atoms with van der Waals surface area (Å²) in [7, 11) is 0. The maximum atomic E-state index is 4.63. The van der Waals surface area contributed by atoms with Crippen LogP contribution in [0, 0.1) is 24.2 Å². The predicted octanol–water partition coefficient (Wildman–Crippen LogP) is 3.17. The van der Waals surface area contributed by atoms with Crippen molar-refractivity contribution in [1.82, 2.24) is 15.1 Å². The van der Waals surface area contributed by atoms with Gasteiger partial charge < -0.3 is 5.32 Å². The molecule has 2 atom stereocenters. The Morgan fingerprint density at radius 1 is 1.35 bits per heavy atom. The van der Waals surface area contributed by atoms with Crippen LogP contribution in [-0.4, -0.2) is 22.9 Å². The van der Waals surface area contributed by atoms with Crippen molar-refractivity contribution in [2.75, 3.05) is 13.1 Å². The molecule has 0 bridgehead atoms. The molecule has 1 aromatic rings. The minimum atomic E-state index is 0.502. The second kappa shape index (κ2) is 5.51. The minimum absolute atomic E-state index is 0.502. The number of aromatic nitrogens is 2. The lowest BCUT2D eigenvalue weighted by molar-refractivity contribution is 0.243. The third-order valence-corrected chi connectivity index (χ3v) is 5.23. The van der Waals surface area contributed by atoms with Crippen LogP contribution in [0.25, 0.3) is 0 Å². The Hall–Kier alpha value is -0.830. The van der Waals surface area contributed by atoms with E-state index in [0.717, 1.165) is 24.9 Å². The molecular formula is C17H29N3. The van der Waals surface area contributed by atoms with E-state index >= 15 is 0 Å². The third-order valence-electron chi connectivity index (χ3n) is 5.23. The molecule has 1 aromatic heterocycles. The van der Waals surface area contributed by atoms with E-state index in [1.165, 1.54) is 50.0 Å². The first kappa shape index (κ1) is 14.1. The van der Waals surface area contributed by atoms with Crippen LogP contribution in [0.4, 0.5) is 0 Å². The zero-order valence-corrected chi connectivity index (χ0v) is 13.3. The van der Waals surface area contributed by atoms with Crippen molar-refractivity contribution in [1.29, 1.82) is 0 Å². The lowest BCUT2D eigenvalue weighted by atomic mass is 9.78. The maximum absolute atomic E-state index is 4.63. The molecule has 1 heterocycles. The van der Waals surface area contributed by atoms with E-state index < -0.39 is 0 Å². The molecule has 2 unspecified atom stereocenters. The number of nitrogens with zero attached hydrogens (tertiary/aromatic N) is 2. The first-order valence-electron chi connectivity index (χ1n) is 8.40. The van der Waals surface area contributed by atoms with Crippen molar-refractivity contribution in [3.8, 4) is 0 Å². The average Bonchev–Trinajstić information content (AvgIpc) is 2.88. The summed E-state index contributed by atoms with van der Waals surface area (Å²) >= 11 is 0. The van der Waals surface area contributed by atoms with Crippen LogP contribution in [0.2, 0.25) is 0 Å². The van der Waals surface area contributed by atoms with Crippen molar-refractivity contribution in [2.24, 2.45) is 17.3 Å². The van der Waals surface area contributed by atoms with Gasteiger partial charge in [0.25, 0.3) is 0 Å². The van der Waals surface area contributed by atoms with Crippen LogP contribution < -0.4 is 5.32 Å². The van der Waals surface area contributed by atoms with Crippen molar-refractivity contribution in [2.45, 2.75) is 59.4 Å². The summed E-state index contributed by atoms with van der Waals surface area (Å²) in [4.78, 5) is 0. The fraction of sp³-hybridized carbons (Fsp3) is 0.824. The van der Waals surface area contributed by atoms with Crippen molar-refractivity contribution in [3.05, 3.63) is 17.5 Å². The molecule has 0 spiro atoms. The first-order chi connectivity index (χ1) is 9.65. The summed E-state index contributed by atoms with van der Waals surface area (Å²) in [5.74, 6) is 2.08.